The van der Waals surface area contributed by atoms with Gasteiger partial charge in [0.05, 0.1) is 12.6 Å². The van der Waals surface area contributed by atoms with Gasteiger partial charge in [-0.25, -0.2) is 0 Å². The zero-order valence-electron chi connectivity index (χ0n) is 12.6. The van der Waals surface area contributed by atoms with Crippen molar-refractivity contribution in [1.82, 2.24) is 14.9 Å². The number of hydrogen-bond donors (Lipinski definition) is 2. The van der Waals surface area contributed by atoms with Crippen LogP contribution in [-0.2, 0) is 0 Å². The molecule has 1 aromatic rings. The Morgan fingerprint density at radius 1 is 1.19 bits per heavy atom. The maximum atomic E-state index is 9.48. The molecule has 0 aliphatic carbocycles. The maximum Gasteiger partial charge on any atom is 0.223 e. The highest BCUT2D eigenvalue weighted by molar-refractivity contribution is 5.55. The first-order chi connectivity index (χ1) is 10.2. The molecule has 0 spiro atoms. The van der Waals surface area contributed by atoms with Gasteiger partial charge in [0.1, 0.15) is 11.6 Å². The van der Waals surface area contributed by atoms with Gasteiger partial charge in [0, 0.05) is 38.8 Å². The topological polar surface area (TPSA) is 81.8 Å². The molecule has 3 N–H and O–H groups in total. The molecule has 2 aliphatic rings. The predicted molar refractivity (Wildman–Crippen MR) is 83.6 cm³/mol. The van der Waals surface area contributed by atoms with Gasteiger partial charge in [-0.3, -0.25) is 0 Å². The predicted octanol–water partition coefficient (Wildman–Crippen LogP) is -0.228. The molecule has 0 radical (unpaired) electrons. The average molecular weight is 292 g/mol. The van der Waals surface area contributed by atoms with E-state index in [2.05, 4.69) is 31.7 Å². The molecule has 2 fully saturated rings. The van der Waals surface area contributed by atoms with E-state index < -0.39 is 0 Å². The van der Waals surface area contributed by atoms with Gasteiger partial charge in [-0.1, -0.05) is 0 Å². The quantitative estimate of drug-likeness (QED) is 0.796. The number of anilines is 3. The van der Waals surface area contributed by atoms with E-state index in [1.54, 1.807) is 0 Å². The molecule has 1 aromatic heterocycles. The molecule has 116 valence electrons. The Morgan fingerprint density at radius 3 is 2.62 bits per heavy atom. The Hall–Kier alpha value is -1.60. The summed E-state index contributed by atoms with van der Waals surface area (Å²) in [5, 5.41) is 9.48. The van der Waals surface area contributed by atoms with Crippen molar-refractivity contribution in [2.45, 2.75) is 18.9 Å². The molecule has 0 aromatic carbocycles. The number of nitrogens with zero attached hydrogens (tertiary/aromatic N) is 5. The van der Waals surface area contributed by atoms with E-state index in [4.69, 9.17) is 5.73 Å². The van der Waals surface area contributed by atoms with E-state index in [1.165, 1.54) is 0 Å². The van der Waals surface area contributed by atoms with Crippen molar-refractivity contribution in [2.75, 3.05) is 61.9 Å². The van der Waals surface area contributed by atoms with Gasteiger partial charge < -0.3 is 25.5 Å². The molecule has 21 heavy (non-hydrogen) atoms. The largest absolute Gasteiger partial charge is 0.394 e. The van der Waals surface area contributed by atoms with Gasteiger partial charge in [0.15, 0.2) is 0 Å². The lowest BCUT2D eigenvalue weighted by atomic mass is 10.2. The second kappa shape index (κ2) is 6.03. The second-order valence-electron chi connectivity index (χ2n) is 5.90. The summed E-state index contributed by atoms with van der Waals surface area (Å²) in [6, 6.07) is 2.16. The third-order valence-electron chi connectivity index (χ3n) is 4.43. The van der Waals surface area contributed by atoms with E-state index in [9.17, 15) is 5.11 Å². The highest BCUT2D eigenvalue weighted by Gasteiger charge is 2.26. The summed E-state index contributed by atoms with van der Waals surface area (Å²) in [4.78, 5) is 15.5. The summed E-state index contributed by atoms with van der Waals surface area (Å²) in [7, 11) is 2.13. The molecule has 7 nitrogen and oxygen atoms in total. The third kappa shape index (κ3) is 3.03. The van der Waals surface area contributed by atoms with Crippen LogP contribution in [0.25, 0.3) is 0 Å². The lowest BCUT2D eigenvalue weighted by molar-refractivity contribution is 0.266. The Kier molecular flexibility index (Phi) is 4.12. The zero-order chi connectivity index (χ0) is 14.8. The number of nitrogen functional groups attached to an aromatic ring is 1. The Balaban J connectivity index is 1.82. The van der Waals surface area contributed by atoms with Crippen molar-refractivity contribution < 1.29 is 5.11 Å². The minimum Gasteiger partial charge on any atom is -0.394 e. The number of hydrogen-bond acceptors (Lipinski definition) is 7. The van der Waals surface area contributed by atoms with Gasteiger partial charge in [-0.2, -0.15) is 9.97 Å². The number of nitrogens with two attached hydrogens (primary N) is 1. The van der Waals surface area contributed by atoms with Crippen LogP contribution in [0.2, 0.25) is 0 Å². The van der Waals surface area contributed by atoms with Crippen LogP contribution in [0.15, 0.2) is 6.07 Å². The van der Waals surface area contributed by atoms with Crippen LogP contribution in [0.4, 0.5) is 17.6 Å². The molecule has 0 unspecified atom stereocenters. The van der Waals surface area contributed by atoms with Gasteiger partial charge in [0.2, 0.25) is 5.95 Å². The molecule has 1 atom stereocenters. The Bertz CT molecular complexity index is 488. The first kappa shape index (κ1) is 14.3. The summed E-state index contributed by atoms with van der Waals surface area (Å²) in [6.07, 6.45) is 2.09. The minimum absolute atomic E-state index is 0.152. The zero-order valence-corrected chi connectivity index (χ0v) is 12.6. The van der Waals surface area contributed by atoms with Crippen LogP contribution in [0, 0.1) is 0 Å². The van der Waals surface area contributed by atoms with Crippen LogP contribution in [0.3, 0.4) is 0 Å². The van der Waals surface area contributed by atoms with Gasteiger partial charge in [-0.05, 0) is 19.9 Å². The maximum absolute atomic E-state index is 9.48. The number of aromatic nitrogens is 2. The number of aliphatic hydroxyl groups excluding tert-OH is 1. The molecule has 0 saturated carbocycles. The summed E-state index contributed by atoms with van der Waals surface area (Å²) in [5.41, 5.74) is 5.90. The molecule has 2 aliphatic heterocycles. The fourth-order valence-corrected chi connectivity index (χ4v) is 3.11. The standard InChI is InChI=1S/C14H24N6O/c1-18-5-7-19(8-6-18)12-9-13(17-14(15)16-12)20-4-2-3-11(20)10-21/h9,11,21H,2-8,10H2,1H3,(H2,15,16,17)/t11-/m0/s1. The van der Waals surface area contributed by atoms with Gasteiger partial charge in [-0.15, -0.1) is 0 Å². The molecule has 0 amide bonds. The fourth-order valence-electron chi connectivity index (χ4n) is 3.11. The van der Waals surface area contributed by atoms with Crippen LogP contribution in [0.1, 0.15) is 12.8 Å². The van der Waals surface area contributed by atoms with E-state index >= 15 is 0 Å². The van der Waals surface area contributed by atoms with E-state index in [0.717, 1.165) is 57.2 Å². The Morgan fingerprint density at radius 2 is 1.90 bits per heavy atom. The van der Waals surface area contributed by atoms with Crippen LogP contribution in [0.5, 0.6) is 0 Å². The lowest BCUT2D eigenvalue weighted by Gasteiger charge is -2.34. The van der Waals surface area contributed by atoms with Gasteiger partial charge >= 0.3 is 0 Å². The smallest absolute Gasteiger partial charge is 0.223 e. The van der Waals surface area contributed by atoms with Crippen molar-refractivity contribution in [1.29, 1.82) is 0 Å². The normalized spacial score (nSPS) is 23.8. The highest BCUT2D eigenvalue weighted by atomic mass is 16.3. The number of rotatable bonds is 3. The number of likely N-dealkylation sites (N-methyl/N-ethyl adjacent to an activating group) is 1. The van der Waals surface area contributed by atoms with Crippen molar-refractivity contribution in [3.8, 4) is 0 Å². The van der Waals surface area contributed by atoms with Crippen LogP contribution >= 0.6 is 0 Å². The summed E-state index contributed by atoms with van der Waals surface area (Å²) in [6.45, 7) is 5.05. The van der Waals surface area contributed by atoms with Gasteiger partial charge in [0.25, 0.3) is 0 Å². The van der Waals surface area contributed by atoms with Crippen LogP contribution in [-0.4, -0.2) is 72.4 Å². The molecule has 7 heteroatoms. The first-order valence-corrected chi connectivity index (χ1v) is 7.63. The molecular formula is C14H24N6O. The Labute approximate surface area is 125 Å². The van der Waals surface area contributed by atoms with E-state index in [0.29, 0.717) is 5.95 Å². The summed E-state index contributed by atoms with van der Waals surface area (Å²) < 4.78 is 0. The molecule has 2 saturated heterocycles. The monoisotopic (exact) mass is 292 g/mol. The van der Waals surface area contributed by atoms with Crippen molar-refractivity contribution >= 4 is 17.6 Å². The summed E-state index contributed by atoms with van der Waals surface area (Å²) in [5.74, 6) is 2.05. The van der Waals surface area contributed by atoms with Crippen molar-refractivity contribution in [2.24, 2.45) is 0 Å². The molecule has 3 heterocycles. The minimum atomic E-state index is 0.152. The lowest BCUT2D eigenvalue weighted by Crippen LogP contribution is -2.45. The number of aliphatic hydroxyl groups is 1. The average Bonchev–Trinajstić information content (AvgIpc) is 2.96. The molecule has 0 bridgehead atoms. The highest BCUT2D eigenvalue weighted by Crippen LogP contribution is 2.27. The third-order valence-corrected chi connectivity index (χ3v) is 4.43. The van der Waals surface area contributed by atoms with E-state index in [-0.39, 0.29) is 12.6 Å². The number of piperazine rings is 1. The van der Waals surface area contributed by atoms with Crippen molar-refractivity contribution in [3.05, 3.63) is 6.07 Å². The fraction of sp³-hybridized carbons (Fsp3) is 0.714. The van der Waals surface area contributed by atoms with Crippen LogP contribution < -0.4 is 15.5 Å². The first-order valence-electron chi connectivity index (χ1n) is 7.63. The van der Waals surface area contributed by atoms with Crippen molar-refractivity contribution in [3.63, 3.8) is 0 Å². The SMILES string of the molecule is CN1CCN(c2cc(N3CCC[C@H]3CO)nc(N)n2)CC1. The summed E-state index contributed by atoms with van der Waals surface area (Å²) >= 11 is 0. The second-order valence-corrected chi connectivity index (χ2v) is 5.90. The molecular weight excluding hydrogens is 268 g/mol. The molecule has 3 rings (SSSR count). The van der Waals surface area contributed by atoms with E-state index in [1.807, 2.05) is 6.07 Å².